The van der Waals surface area contributed by atoms with E-state index in [1.807, 2.05) is 26.2 Å². The summed E-state index contributed by atoms with van der Waals surface area (Å²) in [5.74, 6) is 0. The largest absolute Gasteiger partial charge is 0.334 e. The molecule has 0 saturated heterocycles. The lowest BCUT2D eigenvalue weighted by molar-refractivity contribution is 0.206. The molecule has 1 N–H and O–H groups in total. The van der Waals surface area contributed by atoms with Gasteiger partial charge >= 0.3 is 6.03 Å². The van der Waals surface area contributed by atoms with Gasteiger partial charge in [-0.3, -0.25) is 9.67 Å². The number of carbonyl (C=O) groups excluding carboxylic acids is 1. The molecule has 20 heavy (non-hydrogen) atoms. The van der Waals surface area contributed by atoms with Crippen LogP contribution in [0, 0.1) is 6.92 Å². The molecule has 0 bridgehead atoms. The number of nitrogens with one attached hydrogen (secondary N) is 1. The maximum atomic E-state index is 12.0. The molecule has 0 aromatic carbocycles. The van der Waals surface area contributed by atoms with Crippen LogP contribution in [0.5, 0.6) is 0 Å². The first-order chi connectivity index (χ1) is 9.56. The van der Waals surface area contributed by atoms with Gasteiger partial charge in [-0.1, -0.05) is 0 Å². The van der Waals surface area contributed by atoms with Crippen LogP contribution in [0.2, 0.25) is 0 Å². The molecule has 0 atom stereocenters. The highest BCUT2D eigenvalue weighted by atomic mass is 16.2. The van der Waals surface area contributed by atoms with Gasteiger partial charge in [-0.25, -0.2) is 4.79 Å². The molecule has 106 valence electrons. The zero-order valence-corrected chi connectivity index (χ0v) is 12.0. The highest BCUT2D eigenvalue weighted by Gasteiger charge is 2.10. The lowest BCUT2D eigenvalue weighted by Crippen LogP contribution is -2.36. The van der Waals surface area contributed by atoms with Crippen LogP contribution in [-0.2, 0) is 20.1 Å². The van der Waals surface area contributed by atoms with Crippen LogP contribution in [0.3, 0.4) is 0 Å². The van der Waals surface area contributed by atoms with Crippen molar-refractivity contribution in [3.63, 3.8) is 0 Å². The van der Waals surface area contributed by atoms with Gasteiger partial charge in [-0.2, -0.15) is 5.10 Å². The molecule has 0 radical (unpaired) electrons. The molecular formula is C14H19N5O. The molecule has 2 aromatic heterocycles. The van der Waals surface area contributed by atoms with Crippen LogP contribution < -0.4 is 5.32 Å². The minimum absolute atomic E-state index is 0.106. The third-order valence-electron chi connectivity index (χ3n) is 3.09. The van der Waals surface area contributed by atoms with E-state index in [1.54, 1.807) is 35.2 Å². The van der Waals surface area contributed by atoms with Gasteiger partial charge in [0.25, 0.3) is 0 Å². The van der Waals surface area contributed by atoms with Crippen molar-refractivity contribution in [1.82, 2.24) is 25.0 Å². The van der Waals surface area contributed by atoms with E-state index < -0.39 is 0 Å². The molecule has 0 saturated carbocycles. The third kappa shape index (κ3) is 3.57. The number of amides is 2. The van der Waals surface area contributed by atoms with Crippen molar-refractivity contribution in [3.05, 3.63) is 47.5 Å². The van der Waals surface area contributed by atoms with Crippen molar-refractivity contribution in [2.45, 2.75) is 20.0 Å². The summed E-state index contributed by atoms with van der Waals surface area (Å²) in [4.78, 5) is 17.7. The first kappa shape index (κ1) is 14.0. The molecule has 6 heteroatoms. The number of carbonyl (C=O) groups is 1. The maximum absolute atomic E-state index is 12.0. The van der Waals surface area contributed by atoms with Gasteiger partial charge in [0.1, 0.15) is 0 Å². The third-order valence-corrected chi connectivity index (χ3v) is 3.09. The Hall–Kier alpha value is -2.37. The highest BCUT2D eigenvalue weighted by Crippen LogP contribution is 2.05. The smallest absolute Gasteiger partial charge is 0.317 e. The summed E-state index contributed by atoms with van der Waals surface area (Å²) in [5.41, 5.74) is 3.15. The zero-order valence-electron chi connectivity index (χ0n) is 12.0. The average Bonchev–Trinajstić information content (AvgIpc) is 2.82. The van der Waals surface area contributed by atoms with E-state index in [1.165, 1.54) is 0 Å². The molecule has 0 aliphatic carbocycles. The number of hydrogen-bond donors (Lipinski definition) is 1. The first-order valence-corrected chi connectivity index (χ1v) is 6.42. The van der Waals surface area contributed by atoms with Crippen LogP contribution in [0.15, 0.2) is 30.9 Å². The molecule has 0 aliphatic rings. The van der Waals surface area contributed by atoms with E-state index in [-0.39, 0.29) is 6.03 Å². The molecule has 2 rings (SSSR count). The molecular weight excluding hydrogens is 254 g/mol. The molecule has 2 aromatic rings. The summed E-state index contributed by atoms with van der Waals surface area (Å²) < 4.78 is 1.72. The average molecular weight is 273 g/mol. The van der Waals surface area contributed by atoms with Gasteiger partial charge in [0.15, 0.2) is 0 Å². The second-order valence-corrected chi connectivity index (χ2v) is 4.84. The minimum Gasteiger partial charge on any atom is -0.334 e. The SMILES string of the molecule is Cc1cnccc1CNC(=O)N(C)Cc1cnn(C)c1. The van der Waals surface area contributed by atoms with Gasteiger partial charge in [-0.15, -0.1) is 0 Å². The Morgan fingerprint density at radius 1 is 1.45 bits per heavy atom. The van der Waals surface area contributed by atoms with E-state index in [0.29, 0.717) is 13.1 Å². The quantitative estimate of drug-likeness (QED) is 0.917. The van der Waals surface area contributed by atoms with Gasteiger partial charge in [0, 0.05) is 44.8 Å². The zero-order chi connectivity index (χ0) is 14.5. The van der Waals surface area contributed by atoms with Gasteiger partial charge < -0.3 is 10.2 Å². The van der Waals surface area contributed by atoms with Gasteiger partial charge in [-0.05, 0) is 24.1 Å². The Kier molecular flexibility index (Phi) is 4.34. The van der Waals surface area contributed by atoms with Gasteiger partial charge in [0.05, 0.1) is 12.7 Å². The predicted molar refractivity (Wildman–Crippen MR) is 75.9 cm³/mol. The Morgan fingerprint density at radius 3 is 2.90 bits per heavy atom. The van der Waals surface area contributed by atoms with Crippen LogP contribution in [0.4, 0.5) is 4.79 Å². The summed E-state index contributed by atoms with van der Waals surface area (Å²) in [5, 5.41) is 6.98. The number of aromatic nitrogens is 3. The summed E-state index contributed by atoms with van der Waals surface area (Å²) >= 11 is 0. The van der Waals surface area contributed by atoms with E-state index in [9.17, 15) is 4.79 Å². The van der Waals surface area contributed by atoms with Crippen molar-refractivity contribution < 1.29 is 4.79 Å². The summed E-state index contributed by atoms with van der Waals surface area (Å²) in [7, 11) is 3.62. The number of urea groups is 1. The number of pyridine rings is 1. The monoisotopic (exact) mass is 273 g/mol. The minimum atomic E-state index is -0.106. The number of rotatable bonds is 4. The number of hydrogen-bond acceptors (Lipinski definition) is 3. The molecule has 0 unspecified atom stereocenters. The maximum Gasteiger partial charge on any atom is 0.317 e. The Morgan fingerprint density at radius 2 is 2.25 bits per heavy atom. The summed E-state index contributed by atoms with van der Waals surface area (Å²) in [6.07, 6.45) is 7.18. The fourth-order valence-electron chi connectivity index (χ4n) is 1.91. The highest BCUT2D eigenvalue weighted by molar-refractivity contribution is 5.73. The van der Waals surface area contributed by atoms with Crippen LogP contribution in [0.25, 0.3) is 0 Å². The molecule has 0 aliphatic heterocycles. The van der Waals surface area contributed by atoms with Crippen molar-refractivity contribution >= 4 is 6.03 Å². The van der Waals surface area contributed by atoms with E-state index in [4.69, 9.17) is 0 Å². The Balaban J connectivity index is 1.87. The van der Waals surface area contributed by atoms with Crippen molar-refractivity contribution in [1.29, 1.82) is 0 Å². The standard InChI is InChI=1S/C14H19N5O/c1-11-6-15-5-4-13(11)8-16-14(20)18(2)9-12-7-17-19(3)10-12/h4-7,10H,8-9H2,1-3H3,(H,16,20). The van der Waals surface area contributed by atoms with E-state index in [2.05, 4.69) is 15.4 Å². The lowest BCUT2D eigenvalue weighted by Gasteiger charge is -2.17. The van der Waals surface area contributed by atoms with E-state index >= 15 is 0 Å². The van der Waals surface area contributed by atoms with Crippen LogP contribution >= 0.6 is 0 Å². The van der Waals surface area contributed by atoms with Crippen molar-refractivity contribution in [3.8, 4) is 0 Å². The molecule has 2 amide bonds. The normalized spacial score (nSPS) is 10.3. The topological polar surface area (TPSA) is 63.1 Å². The molecule has 2 heterocycles. The van der Waals surface area contributed by atoms with E-state index in [0.717, 1.165) is 16.7 Å². The fourth-order valence-corrected chi connectivity index (χ4v) is 1.91. The number of nitrogens with zero attached hydrogens (tertiary/aromatic N) is 4. The second kappa shape index (κ2) is 6.18. The number of aryl methyl sites for hydroxylation is 2. The lowest BCUT2D eigenvalue weighted by atomic mass is 10.1. The fraction of sp³-hybridized carbons (Fsp3) is 0.357. The van der Waals surface area contributed by atoms with Crippen LogP contribution in [0.1, 0.15) is 16.7 Å². The van der Waals surface area contributed by atoms with Crippen LogP contribution in [-0.4, -0.2) is 32.7 Å². The molecule has 0 fully saturated rings. The molecule has 6 nitrogen and oxygen atoms in total. The second-order valence-electron chi connectivity index (χ2n) is 4.84. The Bertz CT molecular complexity index is 593. The molecule has 0 spiro atoms. The Labute approximate surface area is 118 Å². The van der Waals surface area contributed by atoms with Gasteiger partial charge in [0.2, 0.25) is 0 Å². The van der Waals surface area contributed by atoms with Crippen molar-refractivity contribution in [2.75, 3.05) is 7.05 Å². The predicted octanol–water partition coefficient (Wildman–Crippen LogP) is 1.47. The summed E-state index contributed by atoms with van der Waals surface area (Å²) in [6.45, 7) is 3.02. The first-order valence-electron chi connectivity index (χ1n) is 6.42. The van der Waals surface area contributed by atoms with Crippen molar-refractivity contribution in [2.24, 2.45) is 7.05 Å². The summed E-state index contributed by atoms with van der Waals surface area (Å²) in [6, 6.07) is 1.81.